The molecule has 0 bridgehead atoms. The summed E-state index contributed by atoms with van der Waals surface area (Å²) in [6.45, 7) is 2.00. The molecule has 1 fully saturated rings. The second-order valence-corrected chi connectivity index (χ2v) is 6.59. The fourth-order valence-corrected chi connectivity index (χ4v) is 3.09. The first-order valence-electron chi connectivity index (χ1n) is 9.25. The highest BCUT2D eigenvalue weighted by molar-refractivity contribution is 14.0. The monoisotopic (exact) mass is 542 g/mol. The summed E-state index contributed by atoms with van der Waals surface area (Å²) < 4.78 is 42.5. The fourth-order valence-electron chi connectivity index (χ4n) is 3.09. The number of benzene rings is 1. The fraction of sp³-hybridized carbons (Fsp3) is 0.526. The molecule has 0 saturated carbocycles. The quantitative estimate of drug-likeness (QED) is 0.197. The van der Waals surface area contributed by atoms with E-state index in [9.17, 15) is 22.8 Å². The van der Waals surface area contributed by atoms with Crippen molar-refractivity contribution in [2.24, 2.45) is 10.9 Å². The molecular formula is C19H26F3IN4O3. The molecule has 1 aromatic carbocycles. The number of carbonyl (C=O) groups excluding carboxylic acids is 2. The minimum absolute atomic E-state index is 0. The molecule has 30 heavy (non-hydrogen) atoms. The molecular weight excluding hydrogens is 516 g/mol. The molecule has 0 atom stereocenters. The lowest BCUT2D eigenvalue weighted by Crippen LogP contribution is -2.48. The van der Waals surface area contributed by atoms with Crippen LogP contribution in [0.4, 0.5) is 13.2 Å². The molecule has 1 saturated heterocycles. The van der Waals surface area contributed by atoms with E-state index in [-0.39, 0.29) is 48.0 Å². The minimum atomic E-state index is -4.43. The van der Waals surface area contributed by atoms with Gasteiger partial charge in [-0.25, -0.2) is 0 Å². The second kappa shape index (κ2) is 12.0. The Balaban J connectivity index is 0.00000450. The van der Waals surface area contributed by atoms with Crippen molar-refractivity contribution in [2.75, 3.05) is 40.3 Å². The average molecular weight is 542 g/mol. The molecule has 7 nitrogen and oxygen atoms in total. The van der Waals surface area contributed by atoms with E-state index in [4.69, 9.17) is 4.74 Å². The molecule has 0 aliphatic carbocycles. The van der Waals surface area contributed by atoms with Crippen molar-refractivity contribution in [3.8, 4) is 0 Å². The molecule has 0 radical (unpaired) electrons. The maximum atomic E-state index is 12.6. The van der Waals surface area contributed by atoms with Gasteiger partial charge in [-0.15, -0.1) is 24.0 Å². The predicted octanol–water partition coefficient (Wildman–Crippen LogP) is 2.51. The van der Waals surface area contributed by atoms with Crippen LogP contribution in [0.2, 0.25) is 0 Å². The topological polar surface area (TPSA) is 83.0 Å². The third-order valence-corrected chi connectivity index (χ3v) is 4.71. The Kier molecular flexibility index (Phi) is 10.4. The zero-order chi connectivity index (χ0) is 21.4. The number of nitrogens with one attached hydrogen (secondary N) is 2. The molecule has 0 spiro atoms. The SMILES string of the molecule is CN=C(NCCNC(=O)c1ccc(C(F)(F)F)cc1)N1CCC(C(=O)OC)CC1.I. The summed E-state index contributed by atoms with van der Waals surface area (Å²) in [5, 5.41) is 5.78. The van der Waals surface area contributed by atoms with Crippen LogP contribution in [0.5, 0.6) is 0 Å². The highest BCUT2D eigenvalue weighted by Crippen LogP contribution is 2.29. The summed E-state index contributed by atoms with van der Waals surface area (Å²) in [4.78, 5) is 29.9. The first-order chi connectivity index (χ1) is 13.8. The summed E-state index contributed by atoms with van der Waals surface area (Å²) in [5.74, 6) is -0.0811. The van der Waals surface area contributed by atoms with Crippen LogP contribution in [0.1, 0.15) is 28.8 Å². The van der Waals surface area contributed by atoms with E-state index >= 15 is 0 Å². The Hall–Kier alpha value is -2.05. The highest BCUT2D eigenvalue weighted by Gasteiger charge is 2.30. The Morgan fingerprint density at radius 1 is 1.13 bits per heavy atom. The third kappa shape index (κ3) is 7.33. The number of nitrogens with zero attached hydrogens (tertiary/aromatic N) is 2. The number of alkyl halides is 3. The zero-order valence-electron chi connectivity index (χ0n) is 16.8. The highest BCUT2D eigenvalue weighted by atomic mass is 127. The first kappa shape index (κ1) is 26.0. The van der Waals surface area contributed by atoms with Gasteiger partial charge in [-0.2, -0.15) is 13.2 Å². The molecule has 11 heteroatoms. The second-order valence-electron chi connectivity index (χ2n) is 6.59. The number of amides is 1. The van der Waals surface area contributed by atoms with Crippen molar-refractivity contribution in [2.45, 2.75) is 19.0 Å². The van der Waals surface area contributed by atoms with Gasteiger partial charge in [0, 0.05) is 38.8 Å². The molecule has 2 N–H and O–H groups in total. The number of methoxy groups -OCH3 is 1. The van der Waals surface area contributed by atoms with Crippen LogP contribution in [0.15, 0.2) is 29.3 Å². The molecule has 168 valence electrons. The van der Waals surface area contributed by atoms with Crippen molar-refractivity contribution in [3.63, 3.8) is 0 Å². The van der Waals surface area contributed by atoms with Crippen LogP contribution in [0, 0.1) is 5.92 Å². The van der Waals surface area contributed by atoms with E-state index in [1.54, 1.807) is 7.05 Å². The Labute approximate surface area is 190 Å². The zero-order valence-corrected chi connectivity index (χ0v) is 19.1. The van der Waals surface area contributed by atoms with Crippen LogP contribution in [-0.4, -0.2) is 63.1 Å². The maximum absolute atomic E-state index is 12.6. The number of aliphatic imine (C=N–C) groups is 1. The summed E-state index contributed by atoms with van der Waals surface area (Å²) in [5.41, 5.74) is -0.636. The summed E-state index contributed by atoms with van der Waals surface area (Å²) in [6.07, 6.45) is -3.07. The van der Waals surface area contributed by atoms with Gasteiger partial charge >= 0.3 is 12.1 Å². The number of hydrogen-bond acceptors (Lipinski definition) is 4. The van der Waals surface area contributed by atoms with E-state index < -0.39 is 17.6 Å². The average Bonchev–Trinajstić information content (AvgIpc) is 2.72. The molecule has 1 aliphatic heterocycles. The van der Waals surface area contributed by atoms with Crippen LogP contribution in [-0.2, 0) is 15.7 Å². The van der Waals surface area contributed by atoms with E-state index in [1.807, 2.05) is 4.90 Å². The van der Waals surface area contributed by atoms with E-state index in [0.29, 0.717) is 38.4 Å². The summed E-state index contributed by atoms with van der Waals surface area (Å²) in [7, 11) is 3.03. The predicted molar refractivity (Wildman–Crippen MR) is 117 cm³/mol. The molecule has 1 aromatic rings. The van der Waals surface area contributed by atoms with Crippen molar-refractivity contribution in [1.82, 2.24) is 15.5 Å². The van der Waals surface area contributed by atoms with Crippen molar-refractivity contribution >= 4 is 41.8 Å². The molecule has 2 rings (SSSR count). The summed E-state index contributed by atoms with van der Waals surface area (Å²) >= 11 is 0. The van der Waals surface area contributed by atoms with Crippen molar-refractivity contribution in [3.05, 3.63) is 35.4 Å². The number of carbonyl (C=O) groups is 2. The molecule has 0 unspecified atom stereocenters. The van der Waals surface area contributed by atoms with Crippen molar-refractivity contribution < 1.29 is 27.5 Å². The van der Waals surface area contributed by atoms with Gasteiger partial charge in [0.15, 0.2) is 5.96 Å². The van der Waals surface area contributed by atoms with Crippen LogP contribution in [0.3, 0.4) is 0 Å². The maximum Gasteiger partial charge on any atom is 0.416 e. The first-order valence-corrected chi connectivity index (χ1v) is 9.25. The Morgan fingerprint density at radius 3 is 2.20 bits per heavy atom. The van der Waals surface area contributed by atoms with Crippen LogP contribution < -0.4 is 10.6 Å². The van der Waals surface area contributed by atoms with Crippen LogP contribution >= 0.6 is 24.0 Å². The van der Waals surface area contributed by atoms with Gasteiger partial charge in [-0.05, 0) is 37.1 Å². The number of rotatable bonds is 5. The van der Waals surface area contributed by atoms with Gasteiger partial charge in [-0.3, -0.25) is 14.6 Å². The Bertz CT molecular complexity index is 734. The van der Waals surface area contributed by atoms with E-state index in [0.717, 1.165) is 24.3 Å². The number of halogens is 4. The molecule has 1 aliphatic rings. The van der Waals surface area contributed by atoms with Crippen molar-refractivity contribution in [1.29, 1.82) is 0 Å². The van der Waals surface area contributed by atoms with Gasteiger partial charge in [-0.1, -0.05) is 0 Å². The lowest BCUT2D eigenvalue weighted by molar-refractivity contribution is -0.146. The molecule has 0 aromatic heterocycles. The minimum Gasteiger partial charge on any atom is -0.469 e. The van der Waals surface area contributed by atoms with Crippen LogP contribution in [0.25, 0.3) is 0 Å². The number of likely N-dealkylation sites (tertiary alicyclic amines) is 1. The smallest absolute Gasteiger partial charge is 0.416 e. The third-order valence-electron chi connectivity index (χ3n) is 4.71. The number of ether oxygens (including phenoxy) is 1. The number of esters is 1. The Morgan fingerprint density at radius 2 is 1.70 bits per heavy atom. The lowest BCUT2D eigenvalue weighted by atomic mass is 9.97. The normalized spacial score (nSPS) is 15.2. The standard InChI is InChI=1S/C19H25F3N4O3.HI/c1-23-18(26-11-7-14(8-12-26)17(28)29-2)25-10-9-24-16(27)13-3-5-15(6-4-13)19(20,21)22;/h3-6,14H,7-12H2,1-2H3,(H,23,25)(H,24,27);1H. The number of piperidine rings is 1. The number of guanidine groups is 1. The van der Waals surface area contributed by atoms with Gasteiger partial charge < -0.3 is 20.3 Å². The largest absolute Gasteiger partial charge is 0.469 e. The van der Waals surface area contributed by atoms with Gasteiger partial charge in [0.2, 0.25) is 0 Å². The number of hydrogen-bond donors (Lipinski definition) is 2. The van der Waals surface area contributed by atoms with E-state index in [2.05, 4.69) is 15.6 Å². The molecule has 1 heterocycles. The van der Waals surface area contributed by atoms with Gasteiger partial charge in [0.1, 0.15) is 0 Å². The van der Waals surface area contributed by atoms with Gasteiger partial charge in [0.05, 0.1) is 18.6 Å². The molecule has 1 amide bonds. The van der Waals surface area contributed by atoms with Gasteiger partial charge in [0.25, 0.3) is 5.91 Å². The van der Waals surface area contributed by atoms with E-state index in [1.165, 1.54) is 7.11 Å². The lowest BCUT2D eigenvalue weighted by Gasteiger charge is -2.33. The summed E-state index contributed by atoms with van der Waals surface area (Å²) in [6, 6.07) is 4.06.